The van der Waals surface area contributed by atoms with E-state index >= 15 is 0 Å². The maximum Gasteiger partial charge on any atom is 0.389 e. The lowest BCUT2D eigenvalue weighted by molar-refractivity contribution is -0.135. The number of nitrogens with one attached hydrogen (secondary N) is 2. The first-order valence-electron chi connectivity index (χ1n) is 4.75. The van der Waals surface area contributed by atoms with E-state index in [-0.39, 0.29) is 13.0 Å². The molecule has 0 aliphatic rings. The van der Waals surface area contributed by atoms with Crippen molar-refractivity contribution in [2.24, 2.45) is 0 Å². The fraction of sp³-hybridized carbons (Fsp3) is 0.556. The average molecular weight is 235 g/mol. The van der Waals surface area contributed by atoms with Gasteiger partial charge in [0.2, 0.25) is 0 Å². The lowest BCUT2D eigenvalue weighted by Crippen LogP contribution is -2.25. The Kier molecular flexibility index (Phi) is 3.92. The number of aromatic nitrogens is 2. The van der Waals surface area contributed by atoms with Crippen LogP contribution in [0.4, 0.5) is 13.2 Å². The van der Waals surface area contributed by atoms with Crippen molar-refractivity contribution < 1.29 is 18.0 Å². The zero-order chi connectivity index (χ0) is 12.2. The number of hydrogen-bond donors (Lipinski definition) is 2. The predicted octanol–water partition coefficient (Wildman–Crippen LogP) is 1.79. The van der Waals surface area contributed by atoms with E-state index in [1.807, 2.05) is 0 Å². The number of aromatic amines is 1. The summed E-state index contributed by atoms with van der Waals surface area (Å²) in [6.45, 7) is 1.67. The summed E-state index contributed by atoms with van der Waals surface area (Å²) in [7, 11) is 0. The second-order valence-corrected chi connectivity index (χ2v) is 3.38. The molecule has 0 radical (unpaired) electrons. The van der Waals surface area contributed by atoms with Crippen LogP contribution in [-0.4, -0.2) is 28.8 Å². The third-order valence-electron chi connectivity index (χ3n) is 2.00. The number of carbonyl (C=O) groups is 1. The predicted molar refractivity (Wildman–Crippen MR) is 50.9 cm³/mol. The summed E-state index contributed by atoms with van der Waals surface area (Å²) in [6, 6.07) is 0. The molecule has 0 spiro atoms. The van der Waals surface area contributed by atoms with Crippen molar-refractivity contribution in [3.8, 4) is 0 Å². The Morgan fingerprint density at radius 1 is 1.56 bits per heavy atom. The molecule has 0 aromatic carbocycles. The molecule has 16 heavy (non-hydrogen) atoms. The summed E-state index contributed by atoms with van der Waals surface area (Å²) >= 11 is 0. The quantitative estimate of drug-likeness (QED) is 0.781. The molecule has 90 valence electrons. The molecule has 4 nitrogen and oxygen atoms in total. The monoisotopic (exact) mass is 235 g/mol. The second kappa shape index (κ2) is 5.00. The summed E-state index contributed by atoms with van der Waals surface area (Å²) in [4.78, 5) is 11.4. The normalized spacial score (nSPS) is 11.5. The molecule has 1 amide bonds. The molecule has 0 saturated heterocycles. The number of nitrogens with zero attached hydrogens (tertiary/aromatic N) is 1. The standard InChI is InChI=1S/C9H12F3N3O/c1-6-7(5-14-15-6)8(16)13-4-2-3-9(10,11)12/h5H,2-4H2,1H3,(H,13,16)(H,14,15). The summed E-state index contributed by atoms with van der Waals surface area (Å²) in [6.07, 6.45) is -3.84. The van der Waals surface area contributed by atoms with Crippen LogP contribution in [0.5, 0.6) is 0 Å². The molecule has 2 N–H and O–H groups in total. The highest BCUT2D eigenvalue weighted by Gasteiger charge is 2.26. The van der Waals surface area contributed by atoms with Crippen LogP contribution in [0.15, 0.2) is 6.20 Å². The van der Waals surface area contributed by atoms with Gasteiger partial charge in [-0.3, -0.25) is 9.89 Å². The molecule has 1 heterocycles. The third kappa shape index (κ3) is 3.92. The number of carbonyl (C=O) groups excluding carboxylic acids is 1. The number of alkyl halides is 3. The number of amides is 1. The van der Waals surface area contributed by atoms with Gasteiger partial charge in [-0.2, -0.15) is 18.3 Å². The summed E-state index contributed by atoms with van der Waals surface area (Å²) in [5.74, 6) is -0.409. The smallest absolute Gasteiger partial charge is 0.352 e. The van der Waals surface area contributed by atoms with Crippen molar-refractivity contribution in [1.29, 1.82) is 0 Å². The summed E-state index contributed by atoms with van der Waals surface area (Å²) in [5.41, 5.74) is 0.945. The van der Waals surface area contributed by atoms with Gasteiger partial charge in [0, 0.05) is 18.7 Å². The van der Waals surface area contributed by atoms with Crippen LogP contribution in [-0.2, 0) is 0 Å². The van der Waals surface area contributed by atoms with Crippen molar-refractivity contribution >= 4 is 5.91 Å². The van der Waals surface area contributed by atoms with Crippen LogP contribution in [0.1, 0.15) is 28.9 Å². The van der Waals surface area contributed by atoms with Gasteiger partial charge >= 0.3 is 6.18 Å². The number of rotatable bonds is 4. The minimum Gasteiger partial charge on any atom is -0.352 e. The van der Waals surface area contributed by atoms with Crippen LogP contribution in [0.25, 0.3) is 0 Å². The molecule has 0 unspecified atom stereocenters. The number of hydrogen-bond acceptors (Lipinski definition) is 2. The van der Waals surface area contributed by atoms with Gasteiger partial charge in [0.05, 0.1) is 11.8 Å². The minimum atomic E-state index is -4.17. The molecule has 1 rings (SSSR count). The Morgan fingerprint density at radius 2 is 2.25 bits per heavy atom. The van der Waals surface area contributed by atoms with Crippen molar-refractivity contribution in [3.63, 3.8) is 0 Å². The van der Waals surface area contributed by atoms with Gasteiger partial charge in [-0.05, 0) is 13.3 Å². The number of H-pyrrole nitrogens is 1. The van der Waals surface area contributed by atoms with Crippen molar-refractivity contribution in [2.75, 3.05) is 6.54 Å². The van der Waals surface area contributed by atoms with Crippen LogP contribution >= 0.6 is 0 Å². The zero-order valence-corrected chi connectivity index (χ0v) is 8.69. The first-order valence-corrected chi connectivity index (χ1v) is 4.75. The van der Waals surface area contributed by atoms with E-state index in [4.69, 9.17) is 0 Å². The Morgan fingerprint density at radius 3 is 2.75 bits per heavy atom. The van der Waals surface area contributed by atoms with Gasteiger partial charge in [0.15, 0.2) is 0 Å². The molecule has 0 bridgehead atoms. The molecule has 0 aliphatic carbocycles. The molecule has 0 aliphatic heterocycles. The van der Waals surface area contributed by atoms with Crippen LogP contribution in [0.3, 0.4) is 0 Å². The first kappa shape index (κ1) is 12.5. The van der Waals surface area contributed by atoms with Crippen LogP contribution in [0.2, 0.25) is 0 Å². The highest BCUT2D eigenvalue weighted by Crippen LogP contribution is 2.20. The lowest BCUT2D eigenvalue weighted by atomic mass is 10.2. The van der Waals surface area contributed by atoms with Gasteiger partial charge in [-0.15, -0.1) is 0 Å². The maximum atomic E-state index is 11.8. The molecule has 1 aromatic rings. The van der Waals surface area contributed by atoms with Gasteiger partial charge in [-0.1, -0.05) is 0 Å². The van der Waals surface area contributed by atoms with Gasteiger partial charge in [-0.25, -0.2) is 0 Å². The Labute approximate surface area is 90.2 Å². The van der Waals surface area contributed by atoms with Gasteiger partial charge in [0.25, 0.3) is 5.91 Å². The minimum absolute atomic E-state index is 0.00294. The van der Waals surface area contributed by atoms with Crippen molar-refractivity contribution in [3.05, 3.63) is 17.5 Å². The van der Waals surface area contributed by atoms with Gasteiger partial charge in [0.1, 0.15) is 0 Å². The van der Waals surface area contributed by atoms with E-state index < -0.39 is 18.5 Å². The molecule has 1 aromatic heterocycles. The van der Waals surface area contributed by atoms with E-state index in [1.54, 1.807) is 6.92 Å². The molecule has 7 heteroatoms. The maximum absolute atomic E-state index is 11.8. The van der Waals surface area contributed by atoms with Gasteiger partial charge < -0.3 is 5.32 Å². The third-order valence-corrected chi connectivity index (χ3v) is 2.00. The molecular formula is C9H12F3N3O. The number of aryl methyl sites for hydroxylation is 1. The number of halogens is 3. The van der Waals surface area contributed by atoms with E-state index in [1.165, 1.54) is 6.20 Å². The molecule has 0 saturated carbocycles. The topological polar surface area (TPSA) is 57.8 Å². The molecular weight excluding hydrogens is 223 g/mol. The highest BCUT2D eigenvalue weighted by molar-refractivity contribution is 5.94. The average Bonchev–Trinajstić information content (AvgIpc) is 2.57. The summed E-state index contributed by atoms with van der Waals surface area (Å²) in [5, 5.41) is 8.62. The molecule has 0 fully saturated rings. The van der Waals surface area contributed by atoms with Crippen molar-refractivity contribution in [1.82, 2.24) is 15.5 Å². The van der Waals surface area contributed by atoms with E-state index in [2.05, 4.69) is 15.5 Å². The van der Waals surface area contributed by atoms with E-state index in [0.29, 0.717) is 11.3 Å². The van der Waals surface area contributed by atoms with Crippen LogP contribution in [0, 0.1) is 6.92 Å². The van der Waals surface area contributed by atoms with Crippen molar-refractivity contribution in [2.45, 2.75) is 25.9 Å². The lowest BCUT2D eigenvalue weighted by Gasteiger charge is -2.06. The highest BCUT2D eigenvalue weighted by atomic mass is 19.4. The van der Waals surface area contributed by atoms with E-state index in [0.717, 1.165) is 0 Å². The zero-order valence-electron chi connectivity index (χ0n) is 8.69. The second-order valence-electron chi connectivity index (χ2n) is 3.38. The molecule has 0 atom stereocenters. The Hall–Kier alpha value is -1.53. The Balaban J connectivity index is 2.29. The van der Waals surface area contributed by atoms with Crippen LogP contribution < -0.4 is 5.32 Å². The first-order chi connectivity index (χ1) is 7.40. The Bertz CT molecular complexity index is 359. The largest absolute Gasteiger partial charge is 0.389 e. The fourth-order valence-corrected chi connectivity index (χ4v) is 1.17. The summed E-state index contributed by atoms with van der Waals surface area (Å²) < 4.78 is 35.4. The van der Waals surface area contributed by atoms with E-state index in [9.17, 15) is 18.0 Å². The fourth-order valence-electron chi connectivity index (χ4n) is 1.17. The SMILES string of the molecule is Cc1[nH]ncc1C(=O)NCCCC(F)(F)F.